The van der Waals surface area contributed by atoms with Crippen LogP contribution in [0, 0.1) is 20.8 Å². The average molecular weight is 376 g/mol. The van der Waals surface area contributed by atoms with E-state index in [1.807, 2.05) is 18.5 Å². The minimum Gasteiger partial charge on any atom is -1.00 e. The fourth-order valence-electron chi connectivity index (χ4n) is 1.31. The molecule has 0 aliphatic rings. The number of H-pyrrole nitrogens is 1. The highest BCUT2D eigenvalue weighted by atomic mass is 79.9. The molecule has 0 aromatic carbocycles. The highest BCUT2D eigenvalue weighted by Crippen LogP contribution is 1.96. The molecule has 2 rings (SSSR count). The van der Waals surface area contributed by atoms with Crippen molar-refractivity contribution in [3.63, 3.8) is 0 Å². The number of halogens is 2. The van der Waals surface area contributed by atoms with E-state index >= 15 is 0 Å². The molecule has 0 amide bonds. The van der Waals surface area contributed by atoms with Gasteiger partial charge in [0.05, 0.1) is 0 Å². The molecule has 2 nitrogen and oxygen atoms in total. The van der Waals surface area contributed by atoms with Crippen LogP contribution in [0.1, 0.15) is 16.8 Å². The lowest BCUT2D eigenvalue weighted by Crippen LogP contribution is -3.00. The van der Waals surface area contributed by atoms with Crippen molar-refractivity contribution in [2.75, 3.05) is 0 Å². The fourth-order valence-corrected chi connectivity index (χ4v) is 1.31. The molecule has 4 heteroatoms. The Morgan fingerprint density at radius 3 is 2.00 bits per heavy atom. The van der Waals surface area contributed by atoms with Gasteiger partial charge >= 0.3 is 0 Å². The third-order valence-electron chi connectivity index (χ3n) is 2.62. The molecule has 2 aromatic rings. The van der Waals surface area contributed by atoms with E-state index in [2.05, 4.69) is 61.8 Å². The summed E-state index contributed by atoms with van der Waals surface area (Å²) in [7, 11) is 2.06. The Bertz CT molecular complexity index is 425. The Morgan fingerprint density at radius 2 is 1.67 bits per heavy atom. The molecule has 0 atom stereocenters. The van der Waals surface area contributed by atoms with Gasteiger partial charge in [0.25, 0.3) is 0 Å². The maximum absolute atomic E-state index is 2.96. The first kappa shape index (κ1) is 19.6. The van der Waals surface area contributed by atoms with E-state index < -0.39 is 0 Å². The third kappa shape index (κ3) is 6.87. The minimum atomic E-state index is 0. The molecule has 0 aliphatic carbocycles. The number of aromatic nitrogens is 2. The molecule has 0 radical (unpaired) electrons. The van der Waals surface area contributed by atoms with E-state index in [1.54, 1.807) is 0 Å². The molecule has 0 saturated heterocycles. The van der Waals surface area contributed by atoms with Crippen molar-refractivity contribution >= 4 is 0 Å². The van der Waals surface area contributed by atoms with Gasteiger partial charge < -0.3 is 34.0 Å². The molecule has 0 saturated carbocycles. The third-order valence-corrected chi connectivity index (χ3v) is 2.62. The molecule has 0 spiro atoms. The highest BCUT2D eigenvalue weighted by molar-refractivity contribution is 5.10. The lowest BCUT2D eigenvalue weighted by molar-refractivity contribution is -0.678. The number of hydrogen-bond acceptors (Lipinski definition) is 0. The maximum atomic E-state index is 2.96. The zero-order valence-corrected chi connectivity index (χ0v) is 14.4. The van der Waals surface area contributed by atoms with Crippen molar-refractivity contribution in [1.82, 2.24) is 0 Å². The van der Waals surface area contributed by atoms with Gasteiger partial charge in [0.1, 0.15) is 7.05 Å². The van der Waals surface area contributed by atoms with Gasteiger partial charge in [0.15, 0.2) is 24.3 Å². The Morgan fingerprint density at radius 1 is 1.00 bits per heavy atom. The quantitative estimate of drug-likeness (QED) is 0.417. The normalized spacial score (nSPS) is 8.22. The lowest BCUT2D eigenvalue weighted by atomic mass is 10.2. The van der Waals surface area contributed by atoms with E-state index in [-0.39, 0.29) is 34.0 Å². The molecular weight excluding hydrogens is 356 g/mol. The largest absolute Gasteiger partial charge is 1.00 e. The van der Waals surface area contributed by atoms with Crippen LogP contribution in [0.15, 0.2) is 42.9 Å². The van der Waals surface area contributed by atoms with Crippen molar-refractivity contribution in [2.24, 2.45) is 7.05 Å². The van der Waals surface area contributed by atoms with E-state index in [9.17, 15) is 0 Å². The van der Waals surface area contributed by atoms with Crippen LogP contribution in [0.2, 0.25) is 0 Å². The van der Waals surface area contributed by atoms with Gasteiger partial charge in [-0.05, 0) is 26.0 Å². The van der Waals surface area contributed by atoms with Crippen LogP contribution in [0.25, 0.3) is 0 Å². The van der Waals surface area contributed by atoms with Crippen LogP contribution < -0.4 is 43.5 Å². The van der Waals surface area contributed by atoms with Crippen LogP contribution in [-0.2, 0) is 7.05 Å². The molecule has 18 heavy (non-hydrogen) atoms. The van der Waals surface area contributed by atoms with Crippen molar-refractivity contribution < 1.29 is 43.5 Å². The van der Waals surface area contributed by atoms with Crippen LogP contribution in [-0.4, -0.2) is 0 Å². The first-order valence-electron chi connectivity index (χ1n) is 5.46. The molecule has 2 aromatic heterocycles. The number of aromatic amines is 1. The van der Waals surface area contributed by atoms with Crippen molar-refractivity contribution in [3.05, 3.63) is 59.7 Å². The summed E-state index contributed by atoms with van der Waals surface area (Å²) >= 11 is 0. The van der Waals surface area contributed by atoms with Gasteiger partial charge in [-0.25, -0.2) is 9.55 Å². The van der Waals surface area contributed by atoms with Gasteiger partial charge in [-0.3, -0.25) is 0 Å². The monoisotopic (exact) mass is 374 g/mol. The summed E-state index contributed by atoms with van der Waals surface area (Å²) in [4.78, 5) is 2.96. The average Bonchev–Trinajstić information content (AvgIpc) is 2.28. The fraction of sp³-hybridized carbons (Fsp3) is 0.286. The number of nitrogens with one attached hydrogen (secondary N) is 1. The van der Waals surface area contributed by atoms with Crippen LogP contribution in [0.3, 0.4) is 0 Å². The van der Waals surface area contributed by atoms with Gasteiger partial charge in [-0.1, -0.05) is 0 Å². The van der Waals surface area contributed by atoms with Crippen LogP contribution >= 0.6 is 0 Å². The predicted octanol–water partition coefficient (Wildman–Crippen LogP) is -4.05. The van der Waals surface area contributed by atoms with Crippen LogP contribution in [0.4, 0.5) is 0 Å². The second-order valence-electron chi connectivity index (χ2n) is 3.97. The molecule has 0 unspecified atom stereocenters. The molecule has 2 heterocycles. The smallest absolute Gasteiger partial charge is 0.180 e. The summed E-state index contributed by atoms with van der Waals surface area (Å²) in [6.45, 7) is 6.29. The number of aryl methyl sites for hydroxylation is 3. The van der Waals surface area contributed by atoms with Crippen molar-refractivity contribution in [1.29, 1.82) is 0 Å². The van der Waals surface area contributed by atoms with Gasteiger partial charge in [0, 0.05) is 30.2 Å². The predicted molar refractivity (Wildman–Crippen MR) is 64.8 cm³/mol. The first-order valence-corrected chi connectivity index (χ1v) is 5.46. The van der Waals surface area contributed by atoms with E-state index in [4.69, 9.17) is 0 Å². The second kappa shape index (κ2) is 10.2. The van der Waals surface area contributed by atoms with E-state index in [0.29, 0.717) is 0 Å². The summed E-state index contributed by atoms with van der Waals surface area (Å²) in [5, 5.41) is 0. The molecule has 0 bridgehead atoms. The summed E-state index contributed by atoms with van der Waals surface area (Å²) in [6.07, 6.45) is 5.91. The second-order valence-corrected chi connectivity index (χ2v) is 3.97. The van der Waals surface area contributed by atoms with Gasteiger partial charge in [-0.2, -0.15) is 0 Å². The first-order chi connectivity index (χ1) is 7.61. The number of hydrogen-bond donors (Lipinski definition) is 0. The van der Waals surface area contributed by atoms with Crippen molar-refractivity contribution in [2.45, 2.75) is 20.8 Å². The highest BCUT2D eigenvalue weighted by Gasteiger charge is 1.99. The molecule has 100 valence electrons. The maximum Gasteiger partial charge on any atom is 0.180 e. The summed E-state index contributed by atoms with van der Waals surface area (Å²) in [5.41, 5.74) is 3.94. The van der Waals surface area contributed by atoms with Crippen molar-refractivity contribution in [3.8, 4) is 0 Å². The lowest BCUT2D eigenvalue weighted by Gasteiger charge is -1.94. The van der Waals surface area contributed by atoms with E-state index in [0.717, 1.165) is 0 Å². The zero-order chi connectivity index (χ0) is 12.0. The molecule has 0 aliphatic heterocycles. The zero-order valence-electron chi connectivity index (χ0n) is 11.2. The summed E-state index contributed by atoms with van der Waals surface area (Å²) < 4.78 is 2.12. The Kier molecular flexibility index (Phi) is 11.1. The summed E-state index contributed by atoms with van der Waals surface area (Å²) in [6, 6.07) is 8.21. The number of nitrogens with zero attached hydrogens (tertiary/aromatic N) is 1. The molecule has 0 fully saturated rings. The minimum absolute atomic E-state index is 0. The summed E-state index contributed by atoms with van der Waals surface area (Å²) in [5.74, 6) is 0. The van der Waals surface area contributed by atoms with Gasteiger partial charge in [0.2, 0.25) is 0 Å². The standard InChI is InChI=1S/C8H12N.C6H7N.2BrH/c1-7-5-4-6-9(3)8(7)2;1-6-3-2-4-7-5-6;;/h4-6H,1-3H3;2-5H,1H3;2*1H/q+1;;;/p-1. The van der Waals surface area contributed by atoms with E-state index in [1.165, 1.54) is 16.8 Å². The Hall–Kier alpha value is -0.740. The number of pyridine rings is 2. The van der Waals surface area contributed by atoms with Crippen LogP contribution in [0.5, 0.6) is 0 Å². The SMILES string of the molecule is Cc1ccc[n+](C)c1C.Cc1ccc[nH+]c1.[Br-].[Br-]. The Labute approximate surface area is 131 Å². The molecular formula is C14H20Br2N2. The topological polar surface area (TPSA) is 18.0 Å². The Balaban J connectivity index is 0. The molecule has 1 N–H and O–H groups in total. The van der Waals surface area contributed by atoms with Gasteiger partial charge in [-0.15, -0.1) is 0 Å². The number of rotatable bonds is 0.